The Balaban J connectivity index is 3.84. The topological polar surface area (TPSA) is 36.9 Å². The van der Waals surface area contributed by atoms with Gasteiger partial charge in [0.05, 0.1) is 0 Å². The third kappa shape index (κ3) is 4.04. The van der Waals surface area contributed by atoms with E-state index in [0.717, 1.165) is 0 Å². The van der Waals surface area contributed by atoms with Crippen LogP contribution in [0.4, 0.5) is 0 Å². The first-order valence-electron chi connectivity index (χ1n) is 4.40. The maximum atomic E-state index is 5.36. The highest BCUT2D eigenvalue weighted by Crippen LogP contribution is 2.17. The molecule has 0 radical (unpaired) electrons. The van der Waals surface area contributed by atoms with Crippen molar-refractivity contribution in [2.45, 2.75) is 32.7 Å². The van der Waals surface area contributed by atoms with Gasteiger partial charge in [0.2, 0.25) is 0 Å². The van der Waals surface area contributed by atoms with Crippen molar-refractivity contribution in [1.29, 1.82) is 0 Å². The zero-order valence-electron chi connectivity index (χ0n) is 9.12. The molecule has 13 heavy (non-hydrogen) atoms. The second-order valence-corrected chi connectivity index (χ2v) is 2.84. The van der Waals surface area contributed by atoms with Crippen molar-refractivity contribution in [2.75, 3.05) is 27.6 Å². The Labute approximate surface area is 80.1 Å². The first-order valence-corrected chi connectivity index (χ1v) is 4.40. The van der Waals surface area contributed by atoms with Crippen LogP contribution in [0.25, 0.3) is 0 Å². The molecule has 0 fully saturated rings. The number of methoxy groups -OCH3 is 2. The number of rotatable bonds is 7. The molecule has 0 amide bonds. The van der Waals surface area contributed by atoms with Crippen molar-refractivity contribution in [2.24, 2.45) is 0 Å². The smallest absolute Gasteiger partial charge is 0.191 e. The van der Waals surface area contributed by atoms with Gasteiger partial charge in [-0.15, -0.1) is 0 Å². The Morgan fingerprint density at radius 3 is 2.15 bits per heavy atom. The molecule has 0 aliphatic carbocycles. The number of hydrogen-bond acceptors (Lipinski definition) is 4. The molecule has 0 saturated carbocycles. The van der Waals surface area contributed by atoms with Crippen LogP contribution in [-0.2, 0) is 18.9 Å². The van der Waals surface area contributed by atoms with Crippen LogP contribution in [0.1, 0.15) is 20.8 Å². The Morgan fingerprint density at radius 2 is 1.77 bits per heavy atom. The molecule has 0 rings (SSSR count). The van der Waals surface area contributed by atoms with Crippen LogP contribution in [0.15, 0.2) is 0 Å². The molecule has 0 aromatic carbocycles. The molecule has 0 bridgehead atoms. The van der Waals surface area contributed by atoms with Crippen LogP contribution in [0.3, 0.4) is 0 Å². The van der Waals surface area contributed by atoms with E-state index < -0.39 is 5.79 Å². The van der Waals surface area contributed by atoms with Crippen molar-refractivity contribution >= 4 is 0 Å². The fourth-order valence-corrected chi connectivity index (χ4v) is 0.800. The summed E-state index contributed by atoms with van der Waals surface area (Å²) in [5.74, 6) is -0.711. The van der Waals surface area contributed by atoms with Gasteiger partial charge in [0, 0.05) is 20.8 Å². The number of ether oxygens (including phenoxy) is 4. The standard InChI is InChI=1S/C9H20O4/c1-6-12-7-13-8(2)9(3,10-4)11-5/h8H,6-7H2,1-5H3. The van der Waals surface area contributed by atoms with Gasteiger partial charge in [-0.25, -0.2) is 0 Å². The summed E-state index contributed by atoms with van der Waals surface area (Å²) in [6.45, 7) is 6.53. The minimum atomic E-state index is -0.711. The van der Waals surface area contributed by atoms with E-state index in [2.05, 4.69) is 0 Å². The second-order valence-electron chi connectivity index (χ2n) is 2.84. The highest BCUT2D eigenvalue weighted by atomic mass is 16.7. The van der Waals surface area contributed by atoms with Gasteiger partial charge in [0.25, 0.3) is 0 Å². The van der Waals surface area contributed by atoms with E-state index in [-0.39, 0.29) is 12.9 Å². The molecular formula is C9H20O4. The molecule has 1 atom stereocenters. The van der Waals surface area contributed by atoms with Crippen molar-refractivity contribution < 1.29 is 18.9 Å². The van der Waals surface area contributed by atoms with Gasteiger partial charge in [-0.1, -0.05) is 0 Å². The van der Waals surface area contributed by atoms with Crippen LogP contribution >= 0.6 is 0 Å². The average molecular weight is 192 g/mol. The first kappa shape index (κ1) is 12.8. The van der Waals surface area contributed by atoms with Gasteiger partial charge in [-0.3, -0.25) is 0 Å². The van der Waals surface area contributed by atoms with Gasteiger partial charge in [0.1, 0.15) is 12.9 Å². The van der Waals surface area contributed by atoms with E-state index in [1.165, 1.54) is 0 Å². The molecule has 4 nitrogen and oxygen atoms in total. The van der Waals surface area contributed by atoms with E-state index in [4.69, 9.17) is 18.9 Å². The summed E-state index contributed by atoms with van der Waals surface area (Å²) >= 11 is 0. The van der Waals surface area contributed by atoms with Crippen molar-refractivity contribution in [3.05, 3.63) is 0 Å². The predicted molar refractivity (Wildman–Crippen MR) is 49.5 cm³/mol. The summed E-state index contributed by atoms with van der Waals surface area (Å²) in [5, 5.41) is 0. The van der Waals surface area contributed by atoms with E-state index in [9.17, 15) is 0 Å². The first-order chi connectivity index (χ1) is 6.10. The van der Waals surface area contributed by atoms with Gasteiger partial charge in [-0.2, -0.15) is 0 Å². The van der Waals surface area contributed by atoms with Crippen LogP contribution in [0.2, 0.25) is 0 Å². The highest BCUT2D eigenvalue weighted by Gasteiger charge is 2.31. The lowest BCUT2D eigenvalue weighted by atomic mass is 10.2. The molecule has 0 aromatic rings. The molecule has 0 aromatic heterocycles. The molecule has 0 N–H and O–H groups in total. The summed E-state index contributed by atoms with van der Waals surface area (Å²) in [6.07, 6.45) is -0.172. The number of hydrogen-bond donors (Lipinski definition) is 0. The lowest BCUT2D eigenvalue weighted by molar-refractivity contribution is -0.267. The Kier molecular flexibility index (Phi) is 6.24. The summed E-state index contributed by atoms with van der Waals surface area (Å²) < 4.78 is 20.8. The lowest BCUT2D eigenvalue weighted by Crippen LogP contribution is -2.43. The van der Waals surface area contributed by atoms with Crippen molar-refractivity contribution in [3.8, 4) is 0 Å². The fraction of sp³-hybridized carbons (Fsp3) is 1.00. The quantitative estimate of drug-likeness (QED) is 0.451. The van der Waals surface area contributed by atoms with Crippen LogP contribution in [-0.4, -0.2) is 39.5 Å². The molecule has 0 saturated heterocycles. The van der Waals surface area contributed by atoms with Gasteiger partial charge < -0.3 is 18.9 Å². The van der Waals surface area contributed by atoms with Crippen LogP contribution < -0.4 is 0 Å². The Hall–Kier alpha value is -0.160. The zero-order chi connectivity index (χ0) is 10.3. The Bertz CT molecular complexity index is 123. The van der Waals surface area contributed by atoms with E-state index >= 15 is 0 Å². The largest absolute Gasteiger partial charge is 0.356 e. The van der Waals surface area contributed by atoms with Gasteiger partial charge >= 0.3 is 0 Å². The van der Waals surface area contributed by atoms with Gasteiger partial charge in [0.15, 0.2) is 5.79 Å². The maximum Gasteiger partial charge on any atom is 0.191 e. The molecule has 0 aliphatic heterocycles. The van der Waals surface area contributed by atoms with Gasteiger partial charge in [-0.05, 0) is 20.8 Å². The molecule has 0 aliphatic rings. The summed E-state index contributed by atoms with van der Waals surface area (Å²) in [4.78, 5) is 0. The SMILES string of the molecule is CCOCOC(C)C(C)(OC)OC. The molecule has 1 unspecified atom stereocenters. The monoisotopic (exact) mass is 192 g/mol. The normalized spacial score (nSPS) is 14.5. The molecule has 0 spiro atoms. The minimum Gasteiger partial charge on any atom is -0.356 e. The van der Waals surface area contributed by atoms with Crippen LogP contribution in [0, 0.1) is 0 Å². The predicted octanol–water partition coefficient (Wildman–Crippen LogP) is 1.39. The highest BCUT2D eigenvalue weighted by molar-refractivity contribution is 4.70. The summed E-state index contributed by atoms with van der Waals surface area (Å²) in [5.41, 5.74) is 0. The summed E-state index contributed by atoms with van der Waals surface area (Å²) in [7, 11) is 3.17. The molecular weight excluding hydrogens is 172 g/mol. The zero-order valence-corrected chi connectivity index (χ0v) is 9.12. The summed E-state index contributed by atoms with van der Waals surface area (Å²) in [6, 6.07) is 0. The fourth-order valence-electron chi connectivity index (χ4n) is 0.800. The third-order valence-corrected chi connectivity index (χ3v) is 2.15. The van der Waals surface area contributed by atoms with Crippen molar-refractivity contribution in [3.63, 3.8) is 0 Å². The van der Waals surface area contributed by atoms with E-state index in [0.29, 0.717) is 6.61 Å². The maximum absolute atomic E-state index is 5.36. The molecule has 4 heteroatoms. The van der Waals surface area contributed by atoms with Crippen LogP contribution in [0.5, 0.6) is 0 Å². The minimum absolute atomic E-state index is 0.172. The third-order valence-electron chi connectivity index (χ3n) is 2.15. The second kappa shape index (κ2) is 6.32. The molecule has 80 valence electrons. The van der Waals surface area contributed by atoms with Crippen molar-refractivity contribution in [1.82, 2.24) is 0 Å². The Morgan fingerprint density at radius 1 is 1.23 bits per heavy atom. The van der Waals surface area contributed by atoms with E-state index in [1.807, 2.05) is 20.8 Å². The van der Waals surface area contributed by atoms with E-state index in [1.54, 1.807) is 14.2 Å². The molecule has 0 heterocycles. The lowest BCUT2D eigenvalue weighted by Gasteiger charge is -2.32. The average Bonchev–Trinajstić information content (AvgIpc) is 2.17.